The van der Waals surface area contributed by atoms with E-state index in [1.165, 1.54) is 54.6 Å². The largest absolute Gasteiger partial charge is 0.379 e. The molecule has 0 radical (unpaired) electrons. The summed E-state index contributed by atoms with van der Waals surface area (Å²) >= 11 is 12.4. The molecule has 9 nitrogen and oxygen atoms in total. The van der Waals surface area contributed by atoms with Gasteiger partial charge >= 0.3 is 10.1 Å². The Kier molecular flexibility index (Phi) is 8.28. The van der Waals surface area contributed by atoms with Crippen LogP contribution in [0.15, 0.2) is 120 Å². The Morgan fingerprint density at radius 3 is 1.69 bits per heavy atom. The van der Waals surface area contributed by atoms with E-state index < -0.39 is 63.8 Å². The number of hydrazine groups is 1. The fourth-order valence-electron chi connectivity index (χ4n) is 7.71. The molecule has 52 heavy (non-hydrogen) atoms. The topological polar surface area (TPSA) is 118 Å². The third-order valence-electron chi connectivity index (χ3n) is 10.1. The number of Topliss-reactive ketones (excluding diaryl/α,β-unsaturated/α-hetero) is 1. The Bertz CT molecular complexity index is 2320. The van der Waals surface area contributed by atoms with Crippen LogP contribution in [0.2, 0.25) is 10.0 Å². The van der Waals surface area contributed by atoms with Gasteiger partial charge in [-0.1, -0.05) is 89.4 Å². The molecule has 3 aliphatic carbocycles. The second-order valence-electron chi connectivity index (χ2n) is 13.0. The van der Waals surface area contributed by atoms with E-state index in [9.17, 15) is 27.6 Å². The van der Waals surface area contributed by atoms with Crippen molar-refractivity contribution >= 4 is 56.8 Å². The number of imide groups is 1. The molecule has 0 aromatic heterocycles. The summed E-state index contributed by atoms with van der Waals surface area (Å²) in [7, 11) is -4.15. The predicted octanol–water partition coefficient (Wildman–Crippen LogP) is 7.20. The maximum Gasteiger partial charge on any atom is 0.339 e. The van der Waals surface area contributed by atoms with Crippen molar-refractivity contribution in [2.75, 3.05) is 6.54 Å². The Labute approximate surface area is 309 Å². The molecule has 0 spiro atoms. The number of carbonyl (C=O) groups is 4. The number of nitrogens with zero attached hydrogens (tertiary/aromatic N) is 2. The average molecular weight is 752 g/mol. The number of benzene rings is 5. The molecule has 0 unspecified atom stereocenters. The zero-order valence-electron chi connectivity index (χ0n) is 27.4. The van der Waals surface area contributed by atoms with Crippen molar-refractivity contribution in [1.29, 1.82) is 0 Å². The summed E-state index contributed by atoms with van der Waals surface area (Å²) in [5.74, 6) is -5.08. The molecule has 0 saturated carbocycles. The molecule has 1 heterocycles. The van der Waals surface area contributed by atoms with E-state index in [-0.39, 0.29) is 31.8 Å². The molecule has 1 aliphatic heterocycles. The van der Waals surface area contributed by atoms with E-state index in [4.69, 9.17) is 27.4 Å². The van der Waals surface area contributed by atoms with E-state index in [2.05, 4.69) is 0 Å². The van der Waals surface area contributed by atoms with E-state index in [0.717, 1.165) is 37.8 Å². The maximum atomic E-state index is 14.6. The number of hydrogen-bond donors (Lipinski definition) is 0. The highest BCUT2D eigenvalue weighted by molar-refractivity contribution is 7.87. The van der Waals surface area contributed by atoms with Crippen LogP contribution in [0.4, 0.5) is 0 Å². The number of ketones is 1. The summed E-state index contributed by atoms with van der Waals surface area (Å²) in [5, 5.41) is 1.98. The lowest BCUT2D eigenvalue weighted by atomic mass is 9.55. The Morgan fingerprint density at radius 1 is 0.692 bits per heavy atom. The summed E-state index contributed by atoms with van der Waals surface area (Å²) in [6.45, 7) is 1.14. The highest BCUT2D eigenvalue weighted by atomic mass is 35.5. The fourth-order valence-corrected chi connectivity index (χ4v) is 8.94. The summed E-state index contributed by atoms with van der Waals surface area (Å²) < 4.78 is 30.9. The van der Waals surface area contributed by atoms with E-state index in [1.807, 2.05) is 55.5 Å². The molecule has 1 saturated heterocycles. The zero-order valence-corrected chi connectivity index (χ0v) is 29.7. The zero-order chi connectivity index (χ0) is 36.5. The molecule has 5 aromatic rings. The monoisotopic (exact) mass is 750 g/mol. The highest BCUT2D eigenvalue weighted by Crippen LogP contribution is 2.61. The van der Waals surface area contributed by atoms with Crippen LogP contribution in [0.25, 0.3) is 0 Å². The molecule has 5 aromatic carbocycles. The van der Waals surface area contributed by atoms with Gasteiger partial charge in [0.25, 0.3) is 17.7 Å². The van der Waals surface area contributed by atoms with Crippen LogP contribution in [-0.4, -0.2) is 48.5 Å². The van der Waals surface area contributed by atoms with Crippen molar-refractivity contribution in [3.8, 4) is 5.75 Å². The number of hydrogen-bond acceptors (Lipinski definition) is 7. The number of aryl methyl sites for hydroxylation is 1. The molecule has 260 valence electrons. The first-order chi connectivity index (χ1) is 24.9. The predicted molar refractivity (Wildman–Crippen MR) is 193 cm³/mol. The van der Waals surface area contributed by atoms with Gasteiger partial charge in [0.2, 0.25) is 0 Å². The van der Waals surface area contributed by atoms with E-state index in [0.29, 0.717) is 0 Å². The first-order valence-corrected chi connectivity index (χ1v) is 18.6. The van der Waals surface area contributed by atoms with Crippen LogP contribution < -0.4 is 4.18 Å². The summed E-state index contributed by atoms with van der Waals surface area (Å²) in [6, 6.07) is 31.2. The van der Waals surface area contributed by atoms with Gasteiger partial charge in [0.1, 0.15) is 17.2 Å². The summed E-state index contributed by atoms with van der Waals surface area (Å²) in [4.78, 5) is 57.3. The summed E-state index contributed by atoms with van der Waals surface area (Å²) in [6.07, 6.45) is 0. The minimum absolute atomic E-state index is 0.0114. The molecule has 4 aliphatic rings. The van der Waals surface area contributed by atoms with Crippen molar-refractivity contribution in [3.63, 3.8) is 0 Å². The first-order valence-electron chi connectivity index (χ1n) is 16.4. The van der Waals surface area contributed by atoms with Gasteiger partial charge in [-0.25, -0.2) is 5.01 Å². The molecule has 12 heteroatoms. The first kappa shape index (κ1) is 33.8. The SMILES string of the molecule is Cc1ccc(S(=O)(=O)Oc2ccc(C(=O)CN(C(=O)c3ccc(Cl)c(Cl)c3)N3C(=O)[C@@H]4C5c6ccccc6C(c6ccccc65)[C@H]4C3=O)cc2)cc1. The van der Waals surface area contributed by atoms with Crippen molar-refractivity contribution in [2.24, 2.45) is 11.8 Å². The molecular formula is C40H28Cl2N2O7S. The smallest absolute Gasteiger partial charge is 0.339 e. The quantitative estimate of drug-likeness (QED) is 0.0935. The third kappa shape index (κ3) is 5.49. The van der Waals surface area contributed by atoms with E-state index in [1.54, 1.807) is 12.1 Å². The van der Waals surface area contributed by atoms with Crippen LogP contribution in [0.5, 0.6) is 5.75 Å². The van der Waals surface area contributed by atoms with Gasteiger partial charge in [-0.15, -0.1) is 0 Å². The van der Waals surface area contributed by atoms with E-state index >= 15 is 0 Å². The van der Waals surface area contributed by atoms with Gasteiger partial charge in [-0.05, 0) is 83.8 Å². The van der Waals surface area contributed by atoms with Crippen LogP contribution >= 0.6 is 23.2 Å². The molecule has 1 fully saturated rings. The highest BCUT2D eigenvalue weighted by Gasteiger charge is 2.63. The lowest BCUT2D eigenvalue weighted by molar-refractivity contribution is -0.154. The lowest BCUT2D eigenvalue weighted by Gasteiger charge is -2.45. The molecule has 9 rings (SSSR count). The standard InChI is InChI=1S/C40H28Cl2N2O7S/c1-22-10-17-26(18-11-22)52(49,50)51-25-15-12-23(13-16-25)33(45)21-43(38(46)24-14-19-31(41)32(42)20-24)44-39(47)36-34-27-6-2-3-7-28(27)35(37(36)40(44)48)30-9-5-4-8-29(30)34/h2-20,34-37H,21H2,1H3/t34?,35?,36-,37-/m1/s1. The van der Waals surface area contributed by atoms with Crippen molar-refractivity contribution < 1.29 is 31.8 Å². The summed E-state index contributed by atoms with van der Waals surface area (Å²) in [5.41, 5.74) is 4.81. The Balaban J connectivity index is 1.13. The third-order valence-corrected chi connectivity index (χ3v) is 12.1. The van der Waals surface area contributed by atoms with Gasteiger partial charge in [-0.3, -0.25) is 19.2 Å². The van der Waals surface area contributed by atoms with Gasteiger partial charge in [0, 0.05) is 23.0 Å². The number of carbonyl (C=O) groups excluding carboxylic acids is 4. The average Bonchev–Trinajstić information content (AvgIpc) is 3.41. The Hall–Kier alpha value is -5.29. The normalized spacial score (nSPS) is 19.9. The molecule has 3 amide bonds. The van der Waals surface area contributed by atoms with Crippen LogP contribution in [0.1, 0.15) is 60.4 Å². The van der Waals surface area contributed by atoms with Crippen LogP contribution in [-0.2, 0) is 19.7 Å². The van der Waals surface area contributed by atoms with Crippen LogP contribution in [0, 0.1) is 18.8 Å². The second-order valence-corrected chi connectivity index (χ2v) is 15.4. The minimum Gasteiger partial charge on any atom is -0.379 e. The van der Waals surface area contributed by atoms with Crippen molar-refractivity contribution in [1.82, 2.24) is 10.0 Å². The fraction of sp³-hybridized carbons (Fsp3) is 0.150. The van der Waals surface area contributed by atoms with Gasteiger partial charge in [-0.2, -0.15) is 13.4 Å². The number of rotatable bonds is 8. The van der Waals surface area contributed by atoms with Gasteiger partial charge in [0.15, 0.2) is 5.78 Å². The van der Waals surface area contributed by atoms with Crippen molar-refractivity contribution in [2.45, 2.75) is 23.7 Å². The molecular weight excluding hydrogens is 723 g/mol. The van der Waals surface area contributed by atoms with Crippen LogP contribution in [0.3, 0.4) is 0 Å². The van der Waals surface area contributed by atoms with Gasteiger partial charge < -0.3 is 4.18 Å². The lowest BCUT2D eigenvalue weighted by Crippen LogP contribution is -2.52. The minimum atomic E-state index is -4.15. The molecule has 0 N–H and O–H groups in total. The molecule has 2 bridgehead atoms. The van der Waals surface area contributed by atoms with Crippen molar-refractivity contribution in [3.05, 3.63) is 164 Å². The number of amides is 3. The maximum absolute atomic E-state index is 14.6. The Morgan fingerprint density at radius 2 is 1.19 bits per heavy atom. The second kappa shape index (κ2) is 12.7. The van der Waals surface area contributed by atoms with Gasteiger partial charge in [0.05, 0.1) is 21.9 Å². The number of halogens is 2. The molecule has 2 atom stereocenters.